The number of nitrogens with zero attached hydrogens (tertiary/aromatic N) is 2. The Morgan fingerprint density at radius 2 is 2.43 bits per heavy atom. The number of hydrogen-bond donors (Lipinski definition) is 1. The number of thioether (sulfide) groups is 1. The van der Waals surface area contributed by atoms with Crippen LogP contribution in [0.2, 0.25) is 0 Å². The minimum absolute atomic E-state index is 0.643. The zero-order valence-electron chi connectivity index (χ0n) is 8.53. The molecule has 2 rings (SSSR count). The fraction of sp³-hybridized carbons (Fsp3) is 0.600. The minimum Gasteiger partial charge on any atom is -0.367 e. The average molecular weight is 209 g/mol. The fourth-order valence-corrected chi connectivity index (χ4v) is 1.98. The Morgan fingerprint density at radius 3 is 3.07 bits per heavy atom. The van der Waals surface area contributed by atoms with Crippen LogP contribution in [0.3, 0.4) is 0 Å². The van der Waals surface area contributed by atoms with Gasteiger partial charge in [-0.1, -0.05) is 13.3 Å². The van der Waals surface area contributed by atoms with Gasteiger partial charge in [-0.25, -0.2) is 9.97 Å². The van der Waals surface area contributed by atoms with E-state index in [2.05, 4.69) is 22.2 Å². The summed E-state index contributed by atoms with van der Waals surface area (Å²) < 4.78 is 0. The third-order valence-electron chi connectivity index (χ3n) is 2.63. The Balaban J connectivity index is 1.96. The van der Waals surface area contributed by atoms with Crippen molar-refractivity contribution < 1.29 is 0 Å². The first kappa shape index (κ1) is 9.77. The molecule has 1 aromatic rings. The van der Waals surface area contributed by atoms with Crippen LogP contribution < -0.4 is 5.32 Å². The van der Waals surface area contributed by atoms with Crippen molar-refractivity contribution in [1.29, 1.82) is 0 Å². The molecule has 0 spiro atoms. The van der Waals surface area contributed by atoms with E-state index in [0.717, 1.165) is 16.8 Å². The summed E-state index contributed by atoms with van der Waals surface area (Å²) in [6.07, 6.45) is 6.20. The summed E-state index contributed by atoms with van der Waals surface area (Å²) in [5, 5.41) is 4.45. The molecule has 0 saturated heterocycles. The summed E-state index contributed by atoms with van der Waals surface area (Å²) in [5.41, 5.74) is 0. The molecular weight excluding hydrogens is 194 g/mol. The van der Waals surface area contributed by atoms with E-state index in [1.54, 1.807) is 18.1 Å². The molecule has 1 aromatic heterocycles. The second kappa shape index (κ2) is 4.17. The highest BCUT2D eigenvalue weighted by Gasteiger charge is 2.35. The van der Waals surface area contributed by atoms with E-state index in [4.69, 9.17) is 0 Å². The second-order valence-corrected chi connectivity index (χ2v) is 4.43. The molecule has 0 radical (unpaired) electrons. The van der Waals surface area contributed by atoms with Crippen LogP contribution in [-0.2, 0) is 0 Å². The lowest BCUT2D eigenvalue weighted by molar-refractivity contribution is 0.772. The first-order valence-corrected chi connectivity index (χ1v) is 6.18. The topological polar surface area (TPSA) is 37.8 Å². The molecule has 0 aliphatic heterocycles. The Hall–Kier alpha value is -0.770. The number of hydrogen-bond acceptors (Lipinski definition) is 4. The van der Waals surface area contributed by atoms with Crippen LogP contribution in [0.4, 0.5) is 5.82 Å². The van der Waals surface area contributed by atoms with Gasteiger partial charge in [-0.15, -0.1) is 11.8 Å². The highest BCUT2D eigenvalue weighted by atomic mass is 32.2. The molecule has 1 saturated carbocycles. The van der Waals surface area contributed by atoms with Gasteiger partial charge in [0.2, 0.25) is 0 Å². The van der Waals surface area contributed by atoms with Crippen LogP contribution in [0.25, 0.3) is 0 Å². The number of aromatic nitrogens is 2. The molecule has 2 atom stereocenters. The van der Waals surface area contributed by atoms with Crippen molar-refractivity contribution >= 4 is 17.6 Å². The fourth-order valence-electron chi connectivity index (χ4n) is 1.60. The van der Waals surface area contributed by atoms with E-state index >= 15 is 0 Å². The number of rotatable bonds is 4. The van der Waals surface area contributed by atoms with E-state index in [0.29, 0.717) is 6.04 Å². The van der Waals surface area contributed by atoms with Gasteiger partial charge in [-0.3, -0.25) is 0 Å². The van der Waals surface area contributed by atoms with Gasteiger partial charge in [0.15, 0.2) is 0 Å². The van der Waals surface area contributed by atoms with E-state index in [-0.39, 0.29) is 0 Å². The maximum absolute atomic E-state index is 4.20. The Morgan fingerprint density at radius 1 is 1.57 bits per heavy atom. The SMILES string of the molecule is CCC1CC1Nc1cc(SC)ncn1. The molecule has 76 valence electrons. The highest BCUT2D eigenvalue weighted by Crippen LogP contribution is 2.35. The minimum atomic E-state index is 0.643. The van der Waals surface area contributed by atoms with Crippen molar-refractivity contribution in [3.8, 4) is 0 Å². The molecule has 1 aliphatic carbocycles. The Bertz CT molecular complexity index is 316. The van der Waals surface area contributed by atoms with Gasteiger partial charge in [0, 0.05) is 12.1 Å². The summed E-state index contributed by atoms with van der Waals surface area (Å²) >= 11 is 1.65. The maximum Gasteiger partial charge on any atom is 0.130 e. The lowest BCUT2D eigenvalue weighted by atomic mass is 10.3. The van der Waals surface area contributed by atoms with Crippen molar-refractivity contribution in [2.45, 2.75) is 30.8 Å². The summed E-state index contributed by atoms with van der Waals surface area (Å²) in [6, 6.07) is 2.65. The smallest absolute Gasteiger partial charge is 0.130 e. The van der Waals surface area contributed by atoms with E-state index in [9.17, 15) is 0 Å². The summed E-state index contributed by atoms with van der Waals surface area (Å²) in [5.74, 6) is 1.81. The van der Waals surface area contributed by atoms with Crippen LogP contribution in [0, 0.1) is 5.92 Å². The molecule has 1 heterocycles. The zero-order valence-corrected chi connectivity index (χ0v) is 9.34. The van der Waals surface area contributed by atoms with Gasteiger partial charge in [0.05, 0.1) is 0 Å². The van der Waals surface area contributed by atoms with Gasteiger partial charge in [0.25, 0.3) is 0 Å². The van der Waals surface area contributed by atoms with Crippen molar-refractivity contribution in [2.24, 2.45) is 5.92 Å². The summed E-state index contributed by atoms with van der Waals surface area (Å²) in [7, 11) is 0. The summed E-state index contributed by atoms with van der Waals surface area (Å²) in [6.45, 7) is 2.24. The van der Waals surface area contributed by atoms with Gasteiger partial charge in [-0.2, -0.15) is 0 Å². The monoisotopic (exact) mass is 209 g/mol. The normalized spacial score (nSPS) is 24.7. The lowest BCUT2D eigenvalue weighted by Gasteiger charge is -2.04. The molecule has 0 aromatic carbocycles. The van der Waals surface area contributed by atoms with Crippen LogP contribution in [-0.4, -0.2) is 22.3 Å². The number of nitrogens with one attached hydrogen (secondary N) is 1. The standard InChI is InChI=1S/C10H15N3S/c1-3-7-4-8(7)13-9-5-10(14-2)12-6-11-9/h5-8H,3-4H2,1-2H3,(H,11,12,13). The quantitative estimate of drug-likeness (QED) is 0.610. The molecular formula is C10H15N3S. The maximum atomic E-state index is 4.20. The molecule has 14 heavy (non-hydrogen) atoms. The summed E-state index contributed by atoms with van der Waals surface area (Å²) in [4.78, 5) is 8.34. The molecule has 1 N–H and O–H groups in total. The molecule has 3 nitrogen and oxygen atoms in total. The van der Waals surface area contributed by atoms with Crippen molar-refractivity contribution in [3.05, 3.63) is 12.4 Å². The van der Waals surface area contributed by atoms with E-state index in [1.165, 1.54) is 12.8 Å². The largest absolute Gasteiger partial charge is 0.367 e. The molecule has 0 amide bonds. The van der Waals surface area contributed by atoms with Gasteiger partial charge < -0.3 is 5.32 Å². The first-order valence-electron chi connectivity index (χ1n) is 4.96. The van der Waals surface area contributed by atoms with Crippen molar-refractivity contribution in [1.82, 2.24) is 9.97 Å². The predicted molar refractivity (Wildman–Crippen MR) is 59.6 cm³/mol. The second-order valence-electron chi connectivity index (χ2n) is 3.60. The highest BCUT2D eigenvalue weighted by molar-refractivity contribution is 7.98. The Labute approximate surface area is 88.7 Å². The predicted octanol–water partition coefficient (Wildman–Crippen LogP) is 2.41. The molecule has 0 bridgehead atoms. The van der Waals surface area contributed by atoms with Gasteiger partial charge >= 0.3 is 0 Å². The van der Waals surface area contributed by atoms with Crippen molar-refractivity contribution in [2.75, 3.05) is 11.6 Å². The van der Waals surface area contributed by atoms with Gasteiger partial charge in [0.1, 0.15) is 17.2 Å². The van der Waals surface area contributed by atoms with E-state index in [1.807, 2.05) is 12.3 Å². The molecule has 4 heteroatoms. The molecule has 2 unspecified atom stereocenters. The van der Waals surface area contributed by atoms with Crippen molar-refractivity contribution in [3.63, 3.8) is 0 Å². The third-order valence-corrected chi connectivity index (χ3v) is 3.27. The Kier molecular flexibility index (Phi) is 2.91. The molecule has 1 aliphatic rings. The number of anilines is 1. The van der Waals surface area contributed by atoms with Crippen LogP contribution >= 0.6 is 11.8 Å². The molecule has 1 fully saturated rings. The average Bonchev–Trinajstić information content (AvgIpc) is 2.97. The van der Waals surface area contributed by atoms with Crippen LogP contribution in [0.5, 0.6) is 0 Å². The zero-order chi connectivity index (χ0) is 9.97. The first-order chi connectivity index (χ1) is 6.83. The van der Waals surface area contributed by atoms with Crippen LogP contribution in [0.15, 0.2) is 17.4 Å². The lowest BCUT2D eigenvalue weighted by Crippen LogP contribution is -2.06. The van der Waals surface area contributed by atoms with E-state index < -0.39 is 0 Å². The third kappa shape index (κ3) is 2.18. The van der Waals surface area contributed by atoms with Crippen LogP contribution in [0.1, 0.15) is 19.8 Å². The van der Waals surface area contributed by atoms with Gasteiger partial charge in [-0.05, 0) is 18.6 Å².